The van der Waals surface area contributed by atoms with Crippen LogP contribution in [0.3, 0.4) is 0 Å². The Morgan fingerprint density at radius 2 is 1.53 bits per heavy atom. The van der Waals surface area contributed by atoms with Crippen molar-refractivity contribution in [3.8, 4) is 22.8 Å². The molecule has 1 saturated carbocycles. The standard InChI is InChI=1S/C26H28N6.C9H13N.Pt/c1-24(2,3)19-12-18(29-30-19)17-11-14-13-27-10-8-15(14)21(28-17)22-20-16-7-9-26(6,25(16,4)5)23(20)32-31-22;1-9(2,3)8-4-6-10-7-5-8;/h8,10-13,16H,7,9H2,1-6H3;4-7H,1-3H3;/q-2;;+2. The van der Waals surface area contributed by atoms with E-state index in [0.29, 0.717) is 5.92 Å². The average Bonchev–Trinajstić information content (AvgIpc) is 3.69. The van der Waals surface area contributed by atoms with Crippen LogP contribution in [0, 0.1) is 5.41 Å². The molecule has 0 amide bonds. The van der Waals surface area contributed by atoms with Crippen LogP contribution in [-0.4, -0.2) is 25.1 Å². The summed E-state index contributed by atoms with van der Waals surface area (Å²) in [6.07, 6.45) is 9.73. The summed E-state index contributed by atoms with van der Waals surface area (Å²) in [5.74, 6) is 0.459. The van der Waals surface area contributed by atoms with Gasteiger partial charge in [-0.05, 0) is 65.0 Å². The molecule has 5 aromatic heterocycles. The normalized spacial score (nSPS) is 20.3. The van der Waals surface area contributed by atoms with Gasteiger partial charge in [-0.1, -0.05) is 79.8 Å². The number of rotatable bonds is 2. The van der Waals surface area contributed by atoms with Crippen molar-refractivity contribution >= 4 is 10.8 Å². The maximum Gasteiger partial charge on any atom is 2.00 e. The van der Waals surface area contributed by atoms with Gasteiger partial charge in [-0.3, -0.25) is 15.0 Å². The van der Waals surface area contributed by atoms with Crippen molar-refractivity contribution in [2.24, 2.45) is 5.41 Å². The zero-order valence-corrected chi connectivity index (χ0v) is 28.9. The van der Waals surface area contributed by atoms with Crippen LogP contribution in [0.4, 0.5) is 0 Å². The third-order valence-corrected chi connectivity index (χ3v) is 9.83. The second-order valence-corrected chi connectivity index (χ2v) is 14.8. The van der Waals surface area contributed by atoms with Crippen molar-refractivity contribution in [3.63, 3.8) is 0 Å². The summed E-state index contributed by atoms with van der Waals surface area (Å²) < 4.78 is 0. The number of hydrogen-bond acceptors (Lipinski definition) is 5. The summed E-state index contributed by atoms with van der Waals surface area (Å²) in [6.45, 7) is 20.1. The first-order valence-corrected chi connectivity index (χ1v) is 14.9. The summed E-state index contributed by atoms with van der Waals surface area (Å²) in [7, 11) is 0. The van der Waals surface area contributed by atoms with Gasteiger partial charge < -0.3 is 20.4 Å². The Labute approximate surface area is 269 Å². The van der Waals surface area contributed by atoms with Crippen LogP contribution in [0.25, 0.3) is 33.5 Å². The fraction of sp³-hybridized carbons (Fsp3) is 0.457. The van der Waals surface area contributed by atoms with Crippen LogP contribution in [0.1, 0.15) is 104 Å². The fourth-order valence-electron chi connectivity index (χ4n) is 6.71. The van der Waals surface area contributed by atoms with Crippen LogP contribution >= 0.6 is 0 Å². The Kier molecular flexibility index (Phi) is 7.82. The Morgan fingerprint density at radius 3 is 2.16 bits per heavy atom. The van der Waals surface area contributed by atoms with E-state index in [4.69, 9.17) is 15.2 Å². The molecule has 2 atom stereocenters. The monoisotopic (exact) mass is 754 g/mol. The predicted molar refractivity (Wildman–Crippen MR) is 167 cm³/mol. The van der Waals surface area contributed by atoms with Gasteiger partial charge in [-0.15, -0.1) is 0 Å². The Bertz CT molecular complexity index is 1750. The molecular weight excluding hydrogens is 714 g/mol. The van der Waals surface area contributed by atoms with Crippen molar-refractivity contribution in [1.29, 1.82) is 0 Å². The molecule has 226 valence electrons. The van der Waals surface area contributed by atoms with Crippen LogP contribution in [0.2, 0.25) is 0 Å². The second kappa shape index (κ2) is 10.8. The summed E-state index contributed by atoms with van der Waals surface area (Å²) in [6, 6.07) is 10.2. The minimum Gasteiger partial charge on any atom is -0.573 e. The molecule has 0 spiro atoms. The van der Waals surface area contributed by atoms with Crippen molar-refractivity contribution in [1.82, 2.24) is 35.3 Å². The molecule has 8 heteroatoms. The minimum absolute atomic E-state index is 0. The van der Waals surface area contributed by atoms with Crippen molar-refractivity contribution < 1.29 is 21.1 Å². The molecule has 0 saturated heterocycles. The van der Waals surface area contributed by atoms with Gasteiger partial charge in [-0.2, -0.15) is 0 Å². The molecule has 2 bridgehead atoms. The molecule has 5 heterocycles. The molecule has 43 heavy (non-hydrogen) atoms. The van der Waals surface area contributed by atoms with Gasteiger partial charge in [0, 0.05) is 57.8 Å². The van der Waals surface area contributed by atoms with Crippen LogP contribution < -0.4 is 10.2 Å². The number of pyridine rings is 3. The smallest absolute Gasteiger partial charge is 0.573 e. The van der Waals surface area contributed by atoms with E-state index in [-0.39, 0.29) is 42.7 Å². The molecule has 0 radical (unpaired) electrons. The number of fused-ring (bicyclic) bond motifs is 6. The van der Waals surface area contributed by atoms with Crippen LogP contribution in [0.5, 0.6) is 0 Å². The van der Waals surface area contributed by atoms with E-state index in [9.17, 15) is 0 Å². The first-order chi connectivity index (χ1) is 19.7. The SMILES string of the molecule is CC(C)(C)c1cc(-c2cc3cnccc3c(-c3[n-]nc4c3C3CCC4(C)C3(C)C)n2)[n-]n1.CC(C)(C)c1ccncc1.[Pt+2]. The summed E-state index contributed by atoms with van der Waals surface area (Å²) in [4.78, 5) is 13.4. The van der Waals surface area contributed by atoms with Crippen molar-refractivity contribution in [2.75, 3.05) is 0 Å². The molecule has 0 aromatic carbocycles. The van der Waals surface area contributed by atoms with Crippen molar-refractivity contribution in [3.05, 3.63) is 77.6 Å². The topological polar surface area (TPSA) is 92.7 Å². The van der Waals surface area contributed by atoms with E-state index in [1.165, 1.54) is 29.7 Å². The van der Waals surface area contributed by atoms with E-state index in [1.54, 1.807) is 0 Å². The van der Waals surface area contributed by atoms with E-state index >= 15 is 0 Å². The number of hydrogen-bond donors (Lipinski definition) is 0. The van der Waals surface area contributed by atoms with Gasteiger partial charge in [-0.25, -0.2) is 0 Å². The first-order valence-electron chi connectivity index (χ1n) is 14.9. The van der Waals surface area contributed by atoms with Crippen molar-refractivity contribution in [2.45, 2.75) is 97.3 Å². The molecule has 0 aliphatic heterocycles. The summed E-state index contributed by atoms with van der Waals surface area (Å²) >= 11 is 0. The molecule has 0 N–H and O–H groups in total. The zero-order chi connectivity index (χ0) is 30.1. The number of aromatic nitrogens is 7. The fourth-order valence-corrected chi connectivity index (χ4v) is 6.71. The molecule has 2 aliphatic rings. The van der Waals surface area contributed by atoms with Crippen LogP contribution in [-0.2, 0) is 37.3 Å². The maximum absolute atomic E-state index is 5.11. The molecule has 7 nitrogen and oxygen atoms in total. The van der Waals surface area contributed by atoms with Gasteiger partial charge in [0.15, 0.2) is 0 Å². The molecule has 2 aliphatic carbocycles. The van der Waals surface area contributed by atoms with Gasteiger partial charge in [0.05, 0.1) is 11.4 Å². The maximum atomic E-state index is 5.11. The van der Waals surface area contributed by atoms with E-state index < -0.39 is 0 Å². The van der Waals surface area contributed by atoms with E-state index in [1.807, 2.05) is 36.9 Å². The summed E-state index contributed by atoms with van der Waals surface area (Å²) in [5.41, 5.74) is 8.60. The zero-order valence-electron chi connectivity index (χ0n) is 26.6. The Balaban J connectivity index is 0.000000287. The number of nitrogens with zero attached hydrogens (tertiary/aromatic N) is 7. The molecule has 5 aromatic rings. The third kappa shape index (κ3) is 5.18. The van der Waals surface area contributed by atoms with Gasteiger partial charge >= 0.3 is 21.1 Å². The second-order valence-electron chi connectivity index (χ2n) is 14.8. The molecule has 1 fully saturated rings. The van der Waals surface area contributed by atoms with E-state index in [0.717, 1.165) is 39.2 Å². The van der Waals surface area contributed by atoms with E-state index in [2.05, 4.69) is 101 Å². The average molecular weight is 755 g/mol. The Morgan fingerprint density at radius 1 is 0.837 bits per heavy atom. The van der Waals surface area contributed by atoms with Crippen LogP contribution in [0.15, 0.2) is 55.1 Å². The third-order valence-electron chi connectivity index (χ3n) is 9.83. The minimum atomic E-state index is -0.0648. The first kappa shape index (κ1) is 31.2. The molecular formula is C35H41N7Pt. The Hall–Kier alpha value is -3.18. The van der Waals surface area contributed by atoms with Gasteiger partial charge in [0.25, 0.3) is 0 Å². The molecule has 2 unspecified atom stereocenters. The predicted octanol–water partition coefficient (Wildman–Crippen LogP) is 7.52. The largest absolute Gasteiger partial charge is 2.00 e. The quantitative estimate of drug-likeness (QED) is 0.184. The molecule has 7 rings (SSSR count). The van der Waals surface area contributed by atoms with Gasteiger partial charge in [0.2, 0.25) is 0 Å². The van der Waals surface area contributed by atoms with Gasteiger partial charge in [0.1, 0.15) is 0 Å². The summed E-state index contributed by atoms with van der Waals surface area (Å²) in [5, 5.41) is 20.4.